The molecule has 2 N–H and O–H groups in total. The van der Waals surface area contributed by atoms with Gasteiger partial charge in [-0.2, -0.15) is 0 Å². The number of methoxy groups -OCH3 is 1. The van der Waals surface area contributed by atoms with E-state index in [2.05, 4.69) is 0 Å². The van der Waals surface area contributed by atoms with Gasteiger partial charge in [0, 0.05) is 0 Å². The SMILES string of the molecule is CCCCCC(C(=O)C(N)=O)N(C=O)c1ccccc1OC. The van der Waals surface area contributed by atoms with Crippen LogP contribution in [0.4, 0.5) is 5.69 Å². The van der Waals surface area contributed by atoms with E-state index in [0.29, 0.717) is 24.3 Å². The van der Waals surface area contributed by atoms with Crippen molar-refractivity contribution in [2.45, 2.75) is 38.6 Å². The van der Waals surface area contributed by atoms with Gasteiger partial charge in [-0.3, -0.25) is 14.4 Å². The van der Waals surface area contributed by atoms with Gasteiger partial charge in [0.15, 0.2) is 0 Å². The van der Waals surface area contributed by atoms with Crippen LogP contribution in [0.15, 0.2) is 24.3 Å². The lowest BCUT2D eigenvalue weighted by Crippen LogP contribution is -2.46. The largest absolute Gasteiger partial charge is 0.495 e. The summed E-state index contributed by atoms with van der Waals surface area (Å²) in [5, 5.41) is 0. The Morgan fingerprint density at radius 1 is 1.32 bits per heavy atom. The van der Waals surface area contributed by atoms with Gasteiger partial charge in [-0.25, -0.2) is 0 Å². The number of hydrogen-bond donors (Lipinski definition) is 1. The van der Waals surface area contributed by atoms with Crippen molar-refractivity contribution in [1.29, 1.82) is 0 Å². The number of nitrogens with two attached hydrogens (primary N) is 1. The number of carbonyl (C=O) groups is 3. The van der Waals surface area contributed by atoms with Crippen molar-refractivity contribution in [2.75, 3.05) is 12.0 Å². The van der Waals surface area contributed by atoms with Gasteiger partial charge in [-0.1, -0.05) is 38.3 Å². The van der Waals surface area contributed by atoms with Gasteiger partial charge in [0.1, 0.15) is 11.8 Å². The molecule has 0 bridgehead atoms. The van der Waals surface area contributed by atoms with Crippen molar-refractivity contribution >= 4 is 23.8 Å². The standard InChI is InChI=1S/C16H22N2O4/c1-3-4-5-9-13(15(20)16(17)21)18(11-19)12-8-6-7-10-14(12)22-2/h6-8,10-11,13H,3-5,9H2,1-2H3,(H2,17,21). The number of ether oxygens (including phenoxy) is 1. The Morgan fingerprint density at radius 2 is 2.00 bits per heavy atom. The first-order valence-electron chi connectivity index (χ1n) is 7.27. The van der Waals surface area contributed by atoms with E-state index in [4.69, 9.17) is 10.5 Å². The number of carbonyl (C=O) groups excluding carboxylic acids is 3. The second-order valence-corrected chi connectivity index (χ2v) is 4.92. The van der Waals surface area contributed by atoms with Crippen molar-refractivity contribution in [3.63, 3.8) is 0 Å². The van der Waals surface area contributed by atoms with Crippen LogP contribution in [-0.4, -0.2) is 31.3 Å². The zero-order chi connectivity index (χ0) is 16.5. The fourth-order valence-corrected chi connectivity index (χ4v) is 2.29. The number of ketones is 1. The second kappa shape index (κ2) is 8.81. The monoisotopic (exact) mass is 306 g/mol. The normalized spacial score (nSPS) is 11.5. The average molecular weight is 306 g/mol. The molecule has 2 amide bonds. The quantitative estimate of drug-likeness (QED) is 0.404. The average Bonchev–Trinajstić information content (AvgIpc) is 2.53. The lowest BCUT2D eigenvalue weighted by molar-refractivity contribution is -0.137. The van der Waals surface area contributed by atoms with Gasteiger partial charge < -0.3 is 15.4 Å². The Labute approximate surface area is 130 Å². The molecule has 22 heavy (non-hydrogen) atoms. The molecule has 1 rings (SSSR count). The number of Topliss-reactive ketones (excluding diaryl/α,β-unsaturated/α-hetero) is 1. The molecule has 0 aromatic heterocycles. The number of hydrogen-bond acceptors (Lipinski definition) is 4. The molecule has 6 nitrogen and oxygen atoms in total. The molecule has 0 saturated heterocycles. The molecule has 0 saturated carbocycles. The number of rotatable bonds is 10. The smallest absolute Gasteiger partial charge is 0.287 e. The van der Waals surface area contributed by atoms with Crippen molar-refractivity contribution < 1.29 is 19.1 Å². The molecule has 0 spiro atoms. The first kappa shape index (κ1) is 17.7. The molecular weight excluding hydrogens is 284 g/mol. The molecular formula is C16H22N2O4. The molecule has 1 aromatic rings. The highest BCUT2D eigenvalue weighted by Gasteiger charge is 2.30. The summed E-state index contributed by atoms with van der Waals surface area (Å²) in [4.78, 5) is 36.1. The van der Waals surface area contributed by atoms with Crippen molar-refractivity contribution in [2.24, 2.45) is 5.73 Å². The summed E-state index contributed by atoms with van der Waals surface area (Å²) in [6, 6.07) is 5.93. The van der Waals surface area contributed by atoms with Crippen LogP contribution in [0.5, 0.6) is 5.75 Å². The van der Waals surface area contributed by atoms with Crippen LogP contribution in [0, 0.1) is 0 Å². The number of anilines is 1. The zero-order valence-corrected chi connectivity index (χ0v) is 13.0. The molecule has 6 heteroatoms. The first-order chi connectivity index (χ1) is 10.6. The minimum absolute atomic E-state index is 0.381. The second-order valence-electron chi connectivity index (χ2n) is 4.92. The topological polar surface area (TPSA) is 89.7 Å². The summed E-state index contributed by atoms with van der Waals surface area (Å²) in [5.74, 6) is -1.36. The number of amides is 2. The van der Waals surface area contributed by atoms with Crippen LogP contribution < -0.4 is 15.4 Å². The molecule has 0 aliphatic heterocycles. The highest BCUT2D eigenvalue weighted by Crippen LogP contribution is 2.29. The van der Waals surface area contributed by atoms with Crippen LogP contribution in [-0.2, 0) is 14.4 Å². The maximum absolute atomic E-state index is 12.1. The van der Waals surface area contributed by atoms with E-state index in [0.717, 1.165) is 19.3 Å². The van der Waals surface area contributed by atoms with E-state index in [1.54, 1.807) is 24.3 Å². The Kier molecular flexibility index (Phi) is 7.08. The fourth-order valence-electron chi connectivity index (χ4n) is 2.29. The molecule has 120 valence electrons. The van der Waals surface area contributed by atoms with Gasteiger partial charge in [-0.15, -0.1) is 0 Å². The number of benzene rings is 1. The third-order valence-corrected chi connectivity index (χ3v) is 3.44. The van der Waals surface area contributed by atoms with Crippen LogP contribution in [0.25, 0.3) is 0 Å². The molecule has 0 radical (unpaired) electrons. The van der Waals surface area contributed by atoms with E-state index in [1.807, 2.05) is 6.92 Å². The van der Waals surface area contributed by atoms with Crippen LogP contribution in [0.1, 0.15) is 32.6 Å². The van der Waals surface area contributed by atoms with E-state index >= 15 is 0 Å². The lowest BCUT2D eigenvalue weighted by Gasteiger charge is -2.27. The van der Waals surface area contributed by atoms with E-state index in [1.165, 1.54) is 12.0 Å². The molecule has 0 aliphatic rings. The predicted molar refractivity (Wildman–Crippen MR) is 83.7 cm³/mol. The van der Waals surface area contributed by atoms with Crippen LogP contribution in [0.3, 0.4) is 0 Å². The van der Waals surface area contributed by atoms with Crippen molar-refractivity contribution in [3.05, 3.63) is 24.3 Å². The third kappa shape index (κ3) is 4.31. The van der Waals surface area contributed by atoms with Gasteiger partial charge in [0.2, 0.25) is 12.2 Å². The van der Waals surface area contributed by atoms with Crippen LogP contribution >= 0.6 is 0 Å². The van der Waals surface area contributed by atoms with E-state index in [-0.39, 0.29) is 0 Å². The van der Waals surface area contributed by atoms with Gasteiger partial charge in [0.25, 0.3) is 5.91 Å². The molecule has 1 atom stereocenters. The number of nitrogens with zero attached hydrogens (tertiary/aromatic N) is 1. The summed E-state index contributed by atoms with van der Waals surface area (Å²) >= 11 is 0. The maximum Gasteiger partial charge on any atom is 0.287 e. The van der Waals surface area contributed by atoms with Gasteiger partial charge in [-0.05, 0) is 18.6 Å². The zero-order valence-electron chi connectivity index (χ0n) is 13.0. The maximum atomic E-state index is 12.1. The van der Waals surface area contributed by atoms with Gasteiger partial charge in [0.05, 0.1) is 12.8 Å². The van der Waals surface area contributed by atoms with E-state index in [9.17, 15) is 14.4 Å². The van der Waals surface area contributed by atoms with E-state index < -0.39 is 17.7 Å². The van der Waals surface area contributed by atoms with Crippen LogP contribution in [0.2, 0.25) is 0 Å². The molecule has 1 unspecified atom stereocenters. The lowest BCUT2D eigenvalue weighted by atomic mass is 10.0. The van der Waals surface area contributed by atoms with Crippen molar-refractivity contribution in [3.8, 4) is 5.75 Å². The Bertz CT molecular complexity index is 531. The minimum Gasteiger partial charge on any atom is -0.495 e. The summed E-state index contributed by atoms with van der Waals surface area (Å²) in [5.41, 5.74) is 5.56. The Morgan fingerprint density at radius 3 is 2.55 bits per heavy atom. The Balaban J connectivity index is 3.14. The number of para-hydroxylation sites is 2. The Hall–Kier alpha value is -2.37. The molecule has 0 fully saturated rings. The highest BCUT2D eigenvalue weighted by atomic mass is 16.5. The summed E-state index contributed by atoms with van der Waals surface area (Å²) in [6.07, 6.45) is 3.51. The third-order valence-electron chi connectivity index (χ3n) is 3.44. The molecule has 0 heterocycles. The molecule has 0 aliphatic carbocycles. The van der Waals surface area contributed by atoms with Gasteiger partial charge >= 0.3 is 0 Å². The predicted octanol–water partition coefficient (Wildman–Crippen LogP) is 1.66. The molecule has 1 aromatic carbocycles. The van der Waals surface area contributed by atoms with Crippen molar-refractivity contribution in [1.82, 2.24) is 0 Å². The summed E-state index contributed by atoms with van der Waals surface area (Å²) < 4.78 is 5.22. The summed E-state index contributed by atoms with van der Waals surface area (Å²) in [7, 11) is 1.48. The minimum atomic E-state index is -1.04. The number of unbranched alkanes of at least 4 members (excludes halogenated alkanes) is 2. The number of primary amides is 1. The highest BCUT2D eigenvalue weighted by molar-refractivity contribution is 6.38. The summed E-state index contributed by atoms with van der Waals surface area (Å²) in [6.45, 7) is 2.03. The fraction of sp³-hybridized carbons (Fsp3) is 0.438. The first-order valence-corrected chi connectivity index (χ1v) is 7.27.